The molecule has 0 spiro atoms. The van der Waals surface area contributed by atoms with Gasteiger partial charge >= 0.3 is 0 Å². The lowest BCUT2D eigenvalue weighted by Gasteiger charge is -2.10. The van der Waals surface area contributed by atoms with Crippen LogP contribution in [0.4, 0.5) is 5.69 Å². The molecular weight excluding hydrogens is 266 g/mol. The molecule has 2 amide bonds. The molecule has 0 radical (unpaired) electrons. The van der Waals surface area contributed by atoms with Crippen molar-refractivity contribution in [3.8, 4) is 0 Å². The van der Waals surface area contributed by atoms with Crippen molar-refractivity contribution in [2.75, 3.05) is 25.0 Å². The van der Waals surface area contributed by atoms with Gasteiger partial charge in [-0.2, -0.15) is 0 Å². The molecule has 0 atom stereocenters. The van der Waals surface area contributed by atoms with Gasteiger partial charge in [0.1, 0.15) is 0 Å². The predicted molar refractivity (Wildman–Crippen MR) is 85.6 cm³/mol. The van der Waals surface area contributed by atoms with Crippen molar-refractivity contribution >= 4 is 17.5 Å². The zero-order valence-electron chi connectivity index (χ0n) is 13.1. The summed E-state index contributed by atoms with van der Waals surface area (Å²) in [6.07, 6.45) is 1.22. The van der Waals surface area contributed by atoms with Crippen LogP contribution in [0.5, 0.6) is 0 Å². The molecule has 3 N–H and O–H groups in total. The molecule has 0 aliphatic rings. The maximum atomic E-state index is 12.1. The molecule has 1 aromatic rings. The topological polar surface area (TPSA) is 70.2 Å². The van der Waals surface area contributed by atoms with Gasteiger partial charge in [-0.05, 0) is 44.0 Å². The van der Waals surface area contributed by atoms with E-state index in [2.05, 4.69) is 16.0 Å². The van der Waals surface area contributed by atoms with Crippen molar-refractivity contribution in [2.45, 2.75) is 33.6 Å². The quantitative estimate of drug-likeness (QED) is 0.687. The van der Waals surface area contributed by atoms with E-state index in [0.717, 1.165) is 24.2 Å². The smallest absolute Gasteiger partial charge is 0.251 e. The van der Waals surface area contributed by atoms with Crippen LogP contribution in [0.1, 0.15) is 42.6 Å². The summed E-state index contributed by atoms with van der Waals surface area (Å²) in [7, 11) is 0. The third-order valence-corrected chi connectivity index (χ3v) is 3.06. The summed E-state index contributed by atoms with van der Waals surface area (Å²) in [6.45, 7) is 7.81. The molecule has 1 rings (SSSR count). The molecule has 0 saturated heterocycles. The van der Waals surface area contributed by atoms with Crippen LogP contribution in [-0.4, -0.2) is 31.4 Å². The second-order valence-electron chi connectivity index (χ2n) is 4.92. The SMILES string of the molecule is CCCNC(=O)CCNC(=O)c1ccc(NCC)cc1C. The largest absolute Gasteiger partial charge is 0.385 e. The second-order valence-corrected chi connectivity index (χ2v) is 4.92. The first-order valence-electron chi connectivity index (χ1n) is 7.47. The number of benzene rings is 1. The Morgan fingerprint density at radius 1 is 1.10 bits per heavy atom. The maximum absolute atomic E-state index is 12.1. The van der Waals surface area contributed by atoms with Crippen LogP contribution in [-0.2, 0) is 4.79 Å². The average Bonchev–Trinajstić information content (AvgIpc) is 2.45. The first kappa shape index (κ1) is 17.0. The number of amides is 2. The van der Waals surface area contributed by atoms with Crippen molar-refractivity contribution in [3.63, 3.8) is 0 Å². The van der Waals surface area contributed by atoms with E-state index in [1.807, 2.05) is 32.9 Å². The third kappa shape index (κ3) is 5.85. The third-order valence-electron chi connectivity index (χ3n) is 3.06. The molecule has 116 valence electrons. The highest BCUT2D eigenvalue weighted by Crippen LogP contribution is 2.14. The monoisotopic (exact) mass is 291 g/mol. The van der Waals surface area contributed by atoms with Gasteiger partial charge in [-0.15, -0.1) is 0 Å². The molecule has 5 heteroatoms. The summed E-state index contributed by atoms with van der Waals surface area (Å²) in [6, 6.07) is 5.64. The summed E-state index contributed by atoms with van der Waals surface area (Å²) in [4.78, 5) is 23.5. The predicted octanol–water partition coefficient (Wildman–Crippen LogP) is 2.07. The standard InChI is InChI=1S/C16H25N3O2/c1-4-9-18-15(20)8-10-19-16(21)14-7-6-13(17-5-2)11-12(14)3/h6-7,11,17H,4-5,8-10H2,1-3H3,(H,18,20)(H,19,21). The van der Waals surface area contributed by atoms with Crippen LogP contribution in [0.15, 0.2) is 18.2 Å². The summed E-state index contributed by atoms with van der Waals surface area (Å²) in [5, 5.41) is 8.77. The zero-order valence-corrected chi connectivity index (χ0v) is 13.1. The highest BCUT2D eigenvalue weighted by molar-refractivity contribution is 5.96. The van der Waals surface area contributed by atoms with E-state index in [9.17, 15) is 9.59 Å². The first-order chi connectivity index (χ1) is 10.1. The number of carbonyl (C=O) groups is 2. The Balaban J connectivity index is 2.47. The molecule has 0 aliphatic heterocycles. The van der Waals surface area contributed by atoms with Gasteiger partial charge in [0.2, 0.25) is 5.91 Å². The van der Waals surface area contributed by atoms with Crippen molar-refractivity contribution in [1.29, 1.82) is 0 Å². The van der Waals surface area contributed by atoms with Gasteiger partial charge in [-0.1, -0.05) is 6.92 Å². The molecule has 0 aliphatic carbocycles. The molecule has 0 fully saturated rings. The minimum Gasteiger partial charge on any atom is -0.385 e. The van der Waals surface area contributed by atoms with Gasteiger partial charge in [0, 0.05) is 37.3 Å². The molecule has 0 unspecified atom stereocenters. The lowest BCUT2D eigenvalue weighted by atomic mass is 10.1. The van der Waals surface area contributed by atoms with E-state index in [1.54, 1.807) is 6.07 Å². The van der Waals surface area contributed by atoms with Gasteiger partial charge in [-0.3, -0.25) is 9.59 Å². The van der Waals surface area contributed by atoms with Crippen molar-refractivity contribution < 1.29 is 9.59 Å². The van der Waals surface area contributed by atoms with E-state index in [0.29, 0.717) is 25.1 Å². The number of carbonyl (C=O) groups excluding carboxylic acids is 2. The van der Waals surface area contributed by atoms with Crippen LogP contribution < -0.4 is 16.0 Å². The summed E-state index contributed by atoms with van der Waals surface area (Å²) >= 11 is 0. The van der Waals surface area contributed by atoms with Crippen LogP contribution in [0.2, 0.25) is 0 Å². The zero-order chi connectivity index (χ0) is 15.7. The summed E-state index contributed by atoms with van der Waals surface area (Å²) in [5.74, 6) is -0.171. The Hall–Kier alpha value is -2.04. The fourth-order valence-corrected chi connectivity index (χ4v) is 1.97. The Bertz CT molecular complexity index is 486. The van der Waals surface area contributed by atoms with E-state index in [-0.39, 0.29) is 11.8 Å². The fraction of sp³-hybridized carbons (Fsp3) is 0.500. The van der Waals surface area contributed by atoms with E-state index in [1.165, 1.54) is 0 Å². The lowest BCUT2D eigenvalue weighted by molar-refractivity contribution is -0.120. The second kappa shape index (κ2) is 9.00. The number of nitrogens with one attached hydrogen (secondary N) is 3. The van der Waals surface area contributed by atoms with Crippen LogP contribution in [0.25, 0.3) is 0 Å². The Morgan fingerprint density at radius 2 is 1.86 bits per heavy atom. The van der Waals surface area contributed by atoms with Crippen LogP contribution in [0.3, 0.4) is 0 Å². The average molecular weight is 291 g/mol. The van der Waals surface area contributed by atoms with Gasteiger partial charge in [0.05, 0.1) is 0 Å². The van der Waals surface area contributed by atoms with Gasteiger partial charge in [-0.25, -0.2) is 0 Å². The molecule has 21 heavy (non-hydrogen) atoms. The fourth-order valence-electron chi connectivity index (χ4n) is 1.97. The molecule has 0 heterocycles. The molecule has 0 saturated carbocycles. The van der Waals surface area contributed by atoms with Crippen LogP contribution in [0, 0.1) is 6.92 Å². The highest BCUT2D eigenvalue weighted by atomic mass is 16.2. The van der Waals surface area contributed by atoms with Crippen LogP contribution >= 0.6 is 0 Å². The maximum Gasteiger partial charge on any atom is 0.251 e. The Labute approximate surface area is 126 Å². The van der Waals surface area contributed by atoms with Crippen molar-refractivity contribution in [2.24, 2.45) is 0 Å². The van der Waals surface area contributed by atoms with Crippen molar-refractivity contribution in [3.05, 3.63) is 29.3 Å². The number of hydrogen-bond donors (Lipinski definition) is 3. The Morgan fingerprint density at radius 3 is 2.48 bits per heavy atom. The first-order valence-corrected chi connectivity index (χ1v) is 7.47. The van der Waals surface area contributed by atoms with Gasteiger partial charge < -0.3 is 16.0 Å². The lowest BCUT2D eigenvalue weighted by Crippen LogP contribution is -2.31. The molecular formula is C16H25N3O2. The molecule has 5 nitrogen and oxygen atoms in total. The van der Waals surface area contributed by atoms with Crippen molar-refractivity contribution in [1.82, 2.24) is 10.6 Å². The summed E-state index contributed by atoms with van der Waals surface area (Å²) in [5.41, 5.74) is 2.57. The summed E-state index contributed by atoms with van der Waals surface area (Å²) < 4.78 is 0. The molecule has 0 bridgehead atoms. The van der Waals surface area contributed by atoms with Gasteiger partial charge in [0.25, 0.3) is 5.91 Å². The minimum atomic E-state index is -0.140. The number of aryl methyl sites for hydroxylation is 1. The number of rotatable bonds is 8. The minimum absolute atomic E-state index is 0.0311. The highest BCUT2D eigenvalue weighted by Gasteiger charge is 2.09. The van der Waals surface area contributed by atoms with E-state index >= 15 is 0 Å². The Kier molecular flexibility index (Phi) is 7.29. The van der Waals surface area contributed by atoms with E-state index < -0.39 is 0 Å². The number of hydrogen-bond acceptors (Lipinski definition) is 3. The number of anilines is 1. The molecule has 1 aromatic carbocycles. The normalized spacial score (nSPS) is 10.0. The van der Waals surface area contributed by atoms with E-state index in [4.69, 9.17) is 0 Å². The molecule has 0 aromatic heterocycles. The van der Waals surface area contributed by atoms with Gasteiger partial charge in [0.15, 0.2) is 0 Å².